The molecule has 146 valence electrons. The minimum Gasteiger partial charge on any atom is -0.478 e. The lowest BCUT2D eigenvalue weighted by molar-refractivity contribution is -0.137. The van der Waals surface area contributed by atoms with Crippen LogP contribution in [0.15, 0.2) is 42.5 Å². The molecule has 1 unspecified atom stereocenters. The molecule has 0 radical (unpaired) electrons. The molecule has 2 amide bonds. The number of amides is 2. The second kappa shape index (κ2) is 7.16. The Balaban J connectivity index is 1.86. The van der Waals surface area contributed by atoms with Crippen molar-refractivity contribution in [1.29, 1.82) is 0 Å². The fraction of sp³-hybridized carbons (Fsp3) is 0.167. The highest BCUT2D eigenvalue weighted by Gasteiger charge is 2.41. The number of aromatic carboxylic acids is 1. The minimum absolute atomic E-state index is 0.0338. The van der Waals surface area contributed by atoms with Crippen LogP contribution in [0.4, 0.5) is 24.5 Å². The topological polar surface area (TPSA) is 86.7 Å². The van der Waals surface area contributed by atoms with Crippen molar-refractivity contribution in [2.75, 3.05) is 10.2 Å². The van der Waals surface area contributed by atoms with Crippen molar-refractivity contribution >= 4 is 40.8 Å². The van der Waals surface area contributed by atoms with E-state index in [1.54, 1.807) is 0 Å². The van der Waals surface area contributed by atoms with Crippen LogP contribution in [-0.2, 0) is 15.8 Å². The van der Waals surface area contributed by atoms with Crippen LogP contribution in [0.25, 0.3) is 0 Å². The SMILES string of the molecule is O=C(O)c1ccc(N2C(=O)CC(Nc3ccc(Cl)cc3C(F)(F)F)C2=O)cc1. The van der Waals surface area contributed by atoms with Gasteiger partial charge in [-0.3, -0.25) is 9.59 Å². The van der Waals surface area contributed by atoms with Crippen molar-refractivity contribution in [3.63, 3.8) is 0 Å². The molecule has 2 N–H and O–H groups in total. The largest absolute Gasteiger partial charge is 0.478 e. The molecule has 1 aliphatic heterocycles. The van der Waals surface area contributed by atoms with E-state index >= 15 is 0 Å². The number of nitrogens with zero attached hydrogens (tertiary/aromatic N) is 1. The van der Waals surface area contributed by atoms with Gasteiger partial charge in [0.2, 0.25) is 5.91 Å². The first kappa shape index (κ1) is 19.7. The first-order valence-corrected chi connectivity index (χ1v) is 8.29. The van der Waals surface area contributed by atoms with Gasteiger partial charge in [0.15, 0.2) is 0 Å². The highest BCUT2D eigenvalue weighted by atomic mass is 35.5. The van der Waals surface area contributed by atoms with Crippen LogP contribution < -0.4 is 10.2 Å². The number of carbonyl (C=O) groups excluding carboxylic acids is 2. The molecule has 0 aliphatic carbocycles. The lowest BCUT2D eigenvalue weighted by Gasteiger charge is -2.19. The van der Waals surface area contributed by atoms with E-state index in [0.717, 1.165) is 17.0 Å². The highest BCUT2D eigenvalue weighted by molar-refractivity contribution is 6.30. The molecule has 2 aromatic carbocycles. The number of anilines is 2. The summed E-state index contributed by atoms with van der Waals surface area (Å²) in [6.45, 7) is 0. The fourth-order valence-corrected chi connectivity index (χ4v) is 3.01. The van der Waals surface area contributed by atoms with Gasteiger partial charge in [-0.05, 0) is 42.5 Å². The zero-order valence-corrected chi connectivity index (χ0v) is 14.7. The number of imide groups is 1. The molecular formula is C18H12ClF3N2O4. The summed E-state index contributed by atoms with van der Waals surface area (Å²) in [6.07, 6.45) is -5.05. The first-order chi connectivity index (χ1) is 13.1. The number of alkyl halides is 3. The van der Waals surface area contributed by atoms with Gasteiger partial charge >= 0.3 is 12.1 Å². The Morgan fingerprint density at radius 3 is 2.36 bits per heavy atom. The molecule has 1 heterocycles. The van der Waals surface area contributed by atoms with E-state index in [0.29, 0.717) is 0 Å². The molecule has 0 bridgehead atoms. The van der Waals surface area contributed by atoms with E-state index in [1.807, 2.05) is 0 Å². The maximum atomic E-state index is 13.2. The number of carboxylic acid groups (broad SMARTS) is 1. The van der Waals surface area contributed by atoms with Gasteiger partial charge in [-0.15, -0.1) is 0 Å². The monoisotopic (exact) mass is 412 g/mol. The van der Waals surface area contributed by atoms with E-state index in [2.05, 4.69) is 5.32 Å². The quantitative estimate of drug-likeness (QED) is 0.746. The van der Waals surface area contributed by atoms with Crippen LogP contribution in [0.2, 0.25) is 5.02 Å². The zero-order chi connectivity index (χ0) is 20.6. The Morgan fingerprint density at radius 2 is 1.79 bits per heavy atom. The smallest absolute Gasteiger partial charge is 0.418 e. The number of nitrogens with one attached hydrogen (secondary N) is 1. The van der Waals surface area contributed by atoms with Crippen molar-refractivity contribution in [2.24, 2.45) is 0 Å². The molecule has 1 fully saturated rings. The van der Waals surface area contributed by atoms with Gasteiger partial charge in [-0.2, -0.15) is 13.2 Å². The van der Waals surface area contributed by atoms with E-state index in [1.165, 1.54) is 30.3 Å². The number of carbonyl (C=O) groups is 3. The van der Waals surface area contributed by atoms with Crippen LogP contribution >= 0.6 is 11.6 Å². The number of carboxylic acids is 1. The van der Waals surface area contributed by atoms with Crippen LogP contribution in [0, 0.1) is 0 Å². The standard InChI is InChI=1S/C18H12ClF3N2O4/c19-10-3-6-13(12(7-10)18(20,21)22)23-14-8-15(25)24(16(14)26)11-4-1-9(2-5-11)17(27)28/h1-7,14,23H,8H2,(H,27,28). The number of benzene rings is 2. The average molecular weight is 413 g/mol. The summed E-state index contributed by atoms with van der Waals surface area (Å²) in [6, 6.07) is 6.87. The maximum absolute atomic E-state index is 13.2. The molecule has 1 saturated heterocycles. The van der Waals surface area contributed by atoms with Crippen LogP contribution in [0.3, 0.4) is 0 Å². The molecule has 0 saturated carbocycles. The van der Waals surface area contributed by atoms with Gasteiger partial charge in [0.1, 0.15) is 6.04 Å². The predicted molar refractivity (Wildman–Crippen MR) is 94.4 cm³/mol. The Morgan fingerprint density at radius 1 is 1.14 bits per heavy atom. The third-order valence-electron chi connectivity index (χ3n) is 4.14. The number of halogens is 4. The van der Waals surface area contributed by atoms with Crippen LogP contribution in [0.5, 0.6) is 0 Å². The summed E-state index contributed by atoms with van der Waals surface area (Å²) < 4.78 is 39.6. The summed E-state index contributed by atoms with van der Waals surface area (Å²) in [5.74, 6) is -2.53. The van der Waals surface area contributed by atoms with Gasteiger partial charge in [0, 0.05) is 10.7 Å². The number of rotatable bonds is 4. The van der Waals surface area contributed by atoms with Crippen molar-refractivity contribution in [1.82, 2.24) is 0 Å². The number of hydrogen-bond acceptors (Lipinski definition) is 4. The normalized spacial score (nSPS) is 17.1. The predicted octanol–water partition coefficient (Wildman–Crippen LogP) is 3.80. The van der Waals surface area contributed by atoms with Gasteiger partial charge in [-0.1, -0.05) is 11.6 Å². The molecule has 0 spiro atoms. The second-order valence-corrected chi connectivity index (χ2v) is 6.44. The molecule has 3 rings (SSSR count). The molecule has 1 aliphatic rings. The van der Waals surface area contributed by atoms with Crippen molar-refractivity contribution < 1.29 is 32.7 Å². The Bertz CT molecular complexity index is 960. The Kier molecular flexibility index (Phi) is 5.03. The molecule has 2 aromatic rings. The average Bonchev–Trinajstić information content (AvgIpc) is 2.89. The third-order valence-corrected chi connectivity index (χ3v) is 4.37. The fourth-order valence-electron chi connectivity index (χ4n) is 2.83. The third kappa shape index (κ3) is 3.79. The molecule has 28 heavy (non-hydrogen) atoms. The molecule has 0 aromatic heterocycles. The van der Waals surface area contributed by atoms with E-state index in [4.69, 9.17) is 16.7 Å². The Hall–Kier alpha value is -3.07. The summed E-state index contributed by atoms with van der Waals surface area (Å²) in [5.41, 5.74) is -1.32. The second-order valence-electron chi connectivity index (χ2n) is 6.01. The van der Waals surface area contributed by atoms with Crippen molar-refractivity contribution in [3.05, 3.63) is 58.6 Å². The zero-order valence-electron chi connectivity index (χ0n) is 14.0. The van der Waals surface area contributed by atoms with E-state index < -0.39 is 35.6 Å². The lowest BCUT2D eigenvalue weighted by Crippen LogP contribution is -2.35. The van der Waals surface area contributed by atoms with E-state index in [-0.39, 0.29) is 28.4 Å². The van der Waals surface area contributed by atoms with E-state index in [9.17, 15) is 27.6 Å². The highest BCUT2D eigenvalue weighted by Crippen LogP contribution is 2.37. The summed E-state index contributed by atoms with van der Waals surface area (Å²) in [4.78, 5) is 36.5. The molecular weight excluding hydrogens is 401 g/mol. The molecule has 10 heteroatoms. The maximum Gasteiger partial charge on any atom is 0.418 e. The van der Waals surface area contributed by atoms with Crippen molar-refractivity contribution in [3.8, 4) is 0 Å². The van der Waals surface area contributed by atoms with Gasteiger partial charge < -0.3 is 10.4 Å². The lowest BCUT2D eigenvalue weighted by atomic mass is 10.1. The molecule has 6 nitrogen and oxygen atoms in total. The minimum atomic E-state index is -4.70. The van der Waals surface area contributed by atoms with Gasteiger partial charge in [0.05, 0.1) is 23.2 Å². The van der Waals surface area contributed by atoms with Crippen molar-refractivity contribution in [2.45, 2.75) is 18.6 Å². The summed E-state index contributed by atoms with van der Waals surface area (Å²) in [5, 5.41) is 11.3. The van der Waals surface area contributed by atoms with Gasteiger partial charge in [-0.25, -0.2) is 9.69 Å². The number of hydrogen-bond donors (Lipinski definition) is 2. The van der Waals surface area contributed by atoms with Gasteiger partial charge in [0.25, 0.3) is 5.91 Å². The van der Waals surface area contributed by atoms with Crippen LogP contribution in [-0.4, -0.2) is 28.9 Å². The summed E-state index contributed by atoms with van der Waals surface area (Å²) in [7, 11) is 0. The first-order valence-electron chi connectivity index (χ1n) is 7.91. The Labute approximate surface area is 161 Å². The summed E-state index contributed by atoms with van der Waals surface area (Å²) >= 11 is 5.63. The molecule has 1 atom stereocenters. The van der Waals surface area contributed by atoms with Crippen LogP contribution in [0.1, 0.15) is 22.3 Å².